The Balaban J connectivity index is 1.66. The molecule has 0 aromatic heterocycles. The number of hydrogen-bond acceptors (Lipinski definition) is 3. The summed E-state index contributed by atoms with van der Waals surface area (Å²) >= 11 is 0. The molecule has 1 saturated carbocycles. The van der Waals surface area contributed by atoms with Gasteiger partial charge in [-0.2, -0.15) is 5.01 Å². The highest BCUT2D eigenvalue weighted by Crippen LogP contribution is 2.37. The van der Waals surface area contributed by atoms with E-state index in [-0.39, 0.29) is 36.0 Å². The lowest BCUT2D eigenvalue weighted by atomic mass is 9.81. The van der Waals surface area contributed by atoms with E-state index < -0.39 is 0 Å². The molecule has 2 atom stereocenters. The molecule has 1 aromatic rings. The average molecular weight is 286 g/mol. The average Bonchev–Trinajstić information content (AvgIpc) is 2.74. The second kappa shape index (κ2) is 5.68. The molecule has 0 bridgehead atoms. The van der Waals surface area contributed by atoms with Crippen LogP contribution in [0.2, 0.25) is 0 Å². The van der Waals surface area contributed by atoms with Gasteiger partial charge in [0.05, 0.1) is 18.3 Å². The van der Waals surface area contributed by atoms with Crippen molar-refractivity contribution in [1.82, 2.24) is 10.4 Å². The smallest absolute Gasteiger partial charge is 0.252 e. The minimum atomic E-state index is -0.332. The maximum Gasteiger partial charge on any atom is 0.252 e. The number of nitrogens with zero attached hydrogens (tertiary/aromatic N) is 1. The molecule has 2 aliphatic rings. The molecule has 0 radical (unpaired) electrons. The molecule has 110 valence electrons. The van der Waals surface area contributed by atoms with Gasteiger partial charge in [0, 0.05) is 0 Å². The first kappa shape index (κ1) is 13.8. The van der Waals surface area contributed by atoms with E-state index in [4.69, 9.17) is 0 Å². The Kier molecular flexibility index (Phi) is 3.73. The summed E-state index contributed by atoms with van der Waals surface area (Å²) in [7, 11) is 0. The second-order valence-electron chi connectivity index (χ2n) is 5.71. The summed E-state index contributed by atoms with van der Waals surface area (Å²) in [5.41, 5.74) is 3.33. The molecule has 1 saturated heterocycles. The van der Waals surface area contributed by atoms with E-state index in [0.717, 1.165) is 36.3 Å². The Morgan fingerprint density at radius 1 is 1.05 bits per heavy atom. The molecule has 3 amide bonds. The maximum atomic E-state index is 12.2. The highest BCUT2D eigenvalue weighted by atomic mass is 16.2. The Hall–Kier alpha value is -2.17. The zero-order valence-corrected chi connectivity index (χ0v) is 11.7. The molecule has 5 heteroatoms. The number of carbonyl (C=O) groups excluding carboxylic acids is 3. The first-order chi connectivity index (χ1) is 10.2. The predicted octanol–water partition coefficient (Wildman–Crippen LogP) is 1.44. The fourth-order valence-corrected chi connectivity index (χ4v) is 3.22. The first-order valence-corrected chi connectivity index (χ1v) is 7.38. The van der Waals surface area contributed by atoms with Crippen molar-refractivity contribution < 1.29 is 14.4 Å². The monoisotopic (exact) mass is 286 g/mol. The van der Waals surface area contributed by atoms with E-state index in [1.54, 1.807) is 0 Å². The van der Waals surface area contributed by atoms with Crippen LogP contribution in [0.3, 0.4) is 0 Å². The molecule has 1 heterocycles. The predicted molar refractivity (Wildman–Crippen MR) is 75.6 cm³/mol. The zero-order chi connectivity index (χ0) is 14.8. The molecule has 3 rings (SSSR count). The van der Waals surface area contributed by atoms with Crippen molar-refractivity contribution >= 4 is 17.7 Å². The van der Waals surface area contributed by atoms with Gasteiger partial charge < -0.3 is 0 Å². The fraction of sp³-hybridized carbons (Fsp3) is 0.438. The van der Waals surface area contributed by atoms with Crippen molar-refractivity contribution in [2.75, 3.05) is 0 Å². The molecule has 2 fully saturated rings. The molecule has 2 unspecified atom stereocenters. The lowest BCUT2D eigenvalue weighted by Crippen LogP contribution is -2.47. The molecule has 0 spiro atoms. The molecule has 1 aromatic carbocycles. The van der Waals surface area contributed by atoms with Crippen molar-refractivity contribution in [3.63, 3.8) is 0 Å². The van der Waals surface area contributed by atoms with Gasteiger partial charge in [-0.1, -0.05) is 43.2 Å². The van der Waals surface area contributed by atoms with Crippen LogP contribution < -0.4 is 5.43 Å². The van der Waals surface area contributed by atoms with Gasteiger partial charge in [0.15, 0.2) is 0 Å². The third-order valence-electron chi connectivity index (χ3n) is 4.29. The van der Waals surface area contributed by atoms with E-state index in [2.05, 4.69) is 5.43 Å². The molecule has 1 aliphatic carbocycles. The highest BCUT2D eigenvalue weighted by molar-refractivity contribution is 6.06. The van der Waals surface area contributed by atoms with Gasteiger partial charge in [-0.3, -0.25) is 19.8 Å². The lowest BCUT2D eigenvalue weighted by Gasteiger charge is -2.19. The quantitative estimate of drug-likeness (QED) is 0.855. The number of imide groups is 1. The van der Waals surface area contributed by atoms with Gasteiger partial charge >= 0.3 is 0 Å². The fourth-order valence-electron chi connectivity index (χ4n) is 3.22. The summed E-state index contributed by atoms with van der Waals surface area (Å²) in [4.78, 5) is 36.5. The Bertz CT molecular complexity index is 546. The highest BCUT2D eigenvalue weighted by Gasteiger charge is 2.48. The number of hydrazine groups is 1. The van der Waals surface area contributed by atoms with Gasteiger partial charge in [-0.05, 0) is 18.4 Å². The summed E-state index contributed by atoms with van der Waals surface area (Å²) in [5.74, 6) is -1.29. The van der Waals surface area contributed by atoms with Gasteiger partial charge in [-0.25, -0.2) is 0 Å². The number of benzene rings is 1. The molecule has 1 aliphatic heterocycles. The summed E-state index contributed by atoms with van der Waals surface area (Å²) in [6.45, 7) is 0. The van der Waals surface area contributed by atoms with Crippen molar-refractivity contribution in [2.45, 2.75) is 32.1 Å². The molecule has 21 heavy (non-hydrogen) atoms. The zero-order valence-electron chi connectivity index (χ0n) is 11.7. The number of carbonyl (C=O) groups is 3. The first-order valence-electron chi connectivity index (χ1n) is 7.38. The van der Waals surface area contributed by atoms with Crippen LogP contribution in [-0.4, -0.2) is 22.7 Å². The van der Waals surface area contributed by atoms with Crippen molar-refractivity contribution in [3.05, 3.63) is 35.9 Å². The summed E-state index contributed by atoms with van der Waals surface area (Å²) in [6.07, 6.45) is 3.62. The molecular formula is C16H18N2O3. The third-order valence-corrected chi connectivity index (χ3v) is 4.29. The topological polar surface area (TPSA) is 66.5 Å². The normalized spacial score (nSPS) is 24.9. The third kappa shape index (κ3) is 2.68. The summed E-state index contributed by atoms with van der Waals surface area (Å²) < 4.78 is 0. The van der Waals surface area contributed by atoms with E-state index in [9.17, 15) is 14.4 Å². The van der Waals surface area contributed by atoms with E-state index in [0.29, 0.717) is 0 Å². The van der Waals surface area contributed by atoms with Crippen molar-refractivity contribution in [1.29, 1.82) is 0 Å². The van der Waals surface area contributed by atoms with E-state index in [1.807, 2.05) is 30.3 Å². The van der Waals surface area contributed by atoms with E-state index in [1.165, 1.54) is 0 Å². The number of amides is 3. The minimum Gasteiger partial charge on any atom is -0.273 e. The van der Waals surface area contributed by atoms with Crippen LogP contribution in [0.5, 0.6) is 0 Å². The standard InChI is InChI=1S/C16H18N2O3/c19-14(10-11-6-2-1-3-7-11)17-18-15(20)12-8-4-5-9-13(12)16(18)21/h1-3,6-7,12-13H,4-5,8-10H2,(H,17,19). The van der Waals surface area contributed by atoms with Crippen LogP contribution in [-0.2, 0) is 20.8 Å². The Morgan fingerprint density at radius 3 is 2.19 bits per heavy atom. The summed E-state index contributed by atoms with van der Waals surface area (Å²) in [6, 6.07) is 9.26. The summed E-state index contributed by atoms with van der Waals surface area (Å²) in [5, 5.41) is 0.950. The molecular weight excluding hydrogens is 268 g/mol. The number of hydrogen-bond donors (Lipinski definition) is 1. The molecule has 1 N–H and O–H groups in total. The van der Waals surface area contributed by atoms with Crippen LogP contribution >= 0.6 is 0 Å². The number of fused-ring (bicyclic) bond motifs is 1. The molecule has 5 nitrogen and oxygen atoms in total. The van der Waals surface area contributed by atoms with Crippen molar-refractivity contribution in [3.8, 4) is 0 Å². The van der Waals surface area contributed by atoms with Crippen molar-refractivity contribution in [2.24, 2.45) is 11.8 Å². The van der Waals surface area contributed by atoms with Crippen LogP contribution in [0.1, 0.15) is 31.2 Å². The Morgan fingerprint density at radius 2 is 1.62 bits per heavy atom. The van der Waals surface area contributed by atoms with Crippen LogP contribution in [0.25, 0.3) is 0 Å². The lowest BCUT2D eigenvalue weighted by molar-refractivity contribution is -0.148. The van der Waals surface area contributed by atoms with Crippen LogP contribution in [0.4, 0.5) is 0 Å². The van der Waals surface area contributed by atoms with Crippen LogP contribution in [0, 0.1) is 11.8 Å². The van der Waals surface area contributed by atoms with Gasteiger partial charge in [0.2, 0.25) is 5.91 Å². The minimum absolute atomic E-state index is 0.160. The number of rotatable bonds is 3. The van der Waals surface area contributed by atoms with Gasteiger partial charge in [0.25, 0.3) is 11.8 Å². The van der Waals surface area contributed by atoms with Gasteiger partial charge in [-0.15, -0.1) is 0 Å². The van der Waals surface area contributed by atoms with Crippen LogP contribution in [0.15, 0.2) is 30.3 Å². The largest absolute Gasteiger partial charge is 0.273 e. The maximum absolute atomic E-state index is 12.2. The second-order valence-corrected chi connectivity index (χ2v) is 5.71. The van der Waals surface area contributed by atoms with Gasteiger partial charge in [0.1, 0.15) is 0 Å². The number of nitrogens with one attached hydrogen (secondary N) is 1. The SMILES string of the molecule is O=C(Cc1ccccc1)NN1C(=O)C2CCCCC2C1=O. The Labute approximate surface area is 123 Å². The van der Waals surface area contributed by atoms with E-state index >= 15 is 0 Å².